The fourth-order valence-electron chi connectivity index (χ4n) is 2.01. The van der Waals surface area contributed by atoms with Crippen LogP contribution in [0.2, 0.25) is 0 Å². The third-order valence-corrected chi connectivity index (χ3v) is 4.46. The van der Waals surface area contributed by atoms with E-state index >= 15 is 0 Å². The predicted octanol–water partition coefficient (Wildman–Crippen LogP) is 1.02. The van der Waals surface area contributed by atoms with E-state index in [2.05, 4.69) is 5.32 Å². The topological polar surface area (TPSA) is 75.7 Å². The lowest BCUT2D eigenvalue weighted by molar-refractivity contribution is 0.0951. The Kier molecular flexibility index (Phi) is 7.50. The quantitative estimate of drug-likeness (QED) is 0.687. The van der Waals surface area contributed by atoms with E-state index in [0.717, 1.165) is 5.56 Å². The fourth-order valence-corrected chi connectivity index (χ4v) is 2.89. The summed E-state index contributed by atoms with van der Waals surface area (Å²) in [4.78, 5) is 12.0. The molecular weight excluding hydrogens is 304 g/mol. The number of rotatable bonds is 9. The van der Waals surface area contributed by atoms with Crippen molar-refractivity contribution in [3.8, 4) is 0 Å². The molecule has 0 radical (unpaired) electrons. The van der Waals surface area contributed by atoms with E-state index in [1.54, 1.807) is 19.2 Å². The highest BCUT2D eigenvalue weighted by Gasteiger charge is 2.16. The van der Waals surface area contributed by atoms with Crippen LogP contribution in [0.3, 0.4) is 0 Å². The van der Waals surface area contributed by atoms with Crippen molar-refractivity contribution in [1.82, 2.24) is 9.62 Å². The lowest BCUT2D eigenvalue weighted by atomic mass is 10.1. The molecule has 0 spiro atoms. The smallest absolute Gasteiger partial charge is 0.251 e. The van der Waals surface area contributed by atoms with Gasteiger partial charge in [0.15, 0.2) is 0 Å². The lowest BCUT2D eigenvalue weighted by Crippen LogP contribution is -2.38. The number of hydrogen-bond donors (Lipinski definition) is 1. The van der Waals surface area contributed by atoms with Crippen LogP contribution in [0, 0.1) is 6.92 Å². The number of benzene rings is 1. The molecule has 0 fully saturated rings. The molecule has 1 aromatic rings. The molecule has 0 atom stereocenters. The number of aryl methyl sites for hydroxylation is 1. The highest BCUT2D eigenvalue weighted by atomic mass is 32.2. The zero-order chi connectivity index (χ0) is 16.6. The molecule has 1 aromatic carbocycles. The van der Waals surface area contributed by atoms with Gasteiger partial charge in [0.05, 0.1) is 6.26 Å². The molecular formula is C15H24N2O4S. The van der Waals surface area contributed by atoms with Crippen molar-refractivity contribution in [1.29, 1.82) is 0 Å². The number of sulfonamides is 1. The first-order valence-corrected chi connectivity index (χ1v) is 8.98. The van der Waals surface area contributed by atoms with Gasteiger partial charge in [0.2, 0.25) is 10.0 Å². The van der Waals surface area contributed by atoms with Gasteiger partial charge in [-0.1, -0.05) is 17.7 Å². The van der Waals surface area contributed by atoms with E-state index in [4.69, 9.17) is 4.74 Å². The summed E-state index contributed by atoms with van der Waals surface area (Å²) in [5, 5.41) is 2.74. The molecule has 0 bridgehead atoms. The predicted molar refractivity (Wildman–Crippen MR) is 86.4 cm³/mol. The SMILES string of the molecule is COCCCN(CCNC(=O)c1cccc(C)c1)S(C)(=O)=O. The van der Waals surface area contributed by atoms with Gasteiger partial charge in [0.25, 0.3) is 5.91 Å². The number of hydrogen-bond acceptors (Lipinski definition) is 4. The first-order chi connectivity index (χ1) is 10.3. The van der Waals surface area contributed by atoms with Gasteiger partial charge in [-0.25, -0.2) is 12.7 Å². The maximum Gasteiger partial charge on any atom is 0.251 e. The maximum atomic E-state index is 12.0. The first-order valence-electron chi connectivity index (χ1n) is 7.13. The van der Waals surface area contributed by atoms with Gasteiger partial charge >= 0.3 is 0 Å². The van der Waals surface area contributed by atoms with Crippen molar-refractivity contribution in [2.24, 2.45) is 0 Å². The molecule has 124 valence electrons. The molecule has 0 aliphatic heterocycles. The second-order valence-electron chi connectivity index (χ2n) is 5.13. The second kappa shape index (κ2) is 8.87. The molecule has 0 aliphatic rings. The monoisotopic (exact) mass is 328 g/mol. The van der Waals surface area contributed by atoms with Gasteiger partial charge in [0, 0.05) is 38.9 Å². The average Bonchev–Trinajstić information content (AvgIpc) is 2.44. The Morgan fingerprint density at radius 1 is 1.32 bits per heavy atom. The Balaban J connectivity index is 2.50. The Labute approximate surface area is 132 Å². The fraction of sp³-hybridized carbons (Fsp3) is 0.533. The molecule has 7 heteroatoms. The minimum atomic E-state index is -3.29. The molecule has 0 saturated heterocycles. The molecule has 1 N–H and O–H groups in total. The first kappa shape index (κ1) is 18.6. The van der Waals surface area contributed by atoms with Crippen LogP contribution in [0.1, 0.15) is 22.3 Å². The van der Waals surface area contributed by atoms with E-state index in [1.807, 2.05) is 19.1 Å². The van der Waals surface area contributed by atoms with E-state index in [-0.39, 0.29) is 19.0 Å². The van der Waals surface area contributed by atoms with E-state index in [9.17, 15) is 13.2 Å². The van der Waals surface area contributed by atoms with Gasteiger partial charge in [-0.2, -0.15) is 0 Å². The zero-order valence-electron chi connectivity index (χ0n) is 13.3. The number of ether oxygens (including phenoxy) is 1. The van der Waals surface area contributed by atoms with Crippen molar-refractivity contribution in [2.75, 3.05) is 39.6 Å². The van der Waals surface area contributed by atoms with Crippen LogP contribution in [-0.4, -0.2) is 58.2 Å². The average molecular weight is 328 g/mol. The summed E-state index contributed by atoms with van der Waals surface area (Å²) in [6.45, 7) is 3.32. The Morgan fingerprint density at radius 3 is 2.64 bits per heavy atom. The van der Waals surface area contributed by atoms with Crippen molar-refractivity contribution >= 4 is 15.9 Å². The van der Waals surface area contributed by atoms with Crippen molar-refractivity contribution in [2.45, 2.75) is 13.3 Å². The van der Waals surface area contributed by atoms with Crippen LogP contribution in [0.25, 0.3) is 0 Å². The summed E-state index contributed by atoms with van der Waals surface area (Å²) in [5.74, 6) is -0.200. The molecule has 0 unspecified atom stereocenters. The number of carbonyl (C=O) groups is 1. The Bertz CT molecular complexity index is 587. The van der Waals surface area contributed by atoms with Gasteiger partial charge in [0.1, 0.15) is 0 Å². The number of amides is 1. The maximum absolute atomic E-state index is 12.0. The third kappa shape index (κ3) is 6.55. The number of carbonyl (C=O) groups excluding carboxylic acids is 1. The highest BCUT2D eigenvalue weighted by molar-refractivity contribution is 7.88. The van der Waals surface area contributed by atoms with Gasteiger partial charge in [-0.3, -0.25) is 4.79 Å². The van der Waals surface area contributed by atoms with Crippen LogP contribution < -0.4 is 5.32 Å². The molecule has 0 aliphatic carbocycles. The molecule has 1 rings (SSSR count). The minimum Gasteiger partial charge on any atom is -0.385 e. The summed E-state index contributed by atoms with van der Waals surface area (Å²) in [5.41, 5.74) is 1.58. The molecule has 0 saturated carbocycles. The second-order valence-corrected chi connectivity index (χ2v) is 7.12. The van der Waals surface area contributed by atoms with Crippen molar-refractivity contribution in [3.63, 3.8) is 0 Å². The van der Waals surface area contributed by atoms with Crippen molar-refractivity contribution < 1.29 is 17.9 Å². The summed E-state index contributed by atoms with van der Waals surface area (Å²) in [6.07, 6.45) is 1.79. The highest BCUT2D eigenvalue weighted by Crippen LogP contribution is 2.04. The summed E-state index contributed by atoms with van der Waals surface area (Å²) >= 11 is 0. The minimum absolute atomic E-state index is 0.200. The van der Waals surface area contributed by atoms with E-state index in [0.29, 0.717) is 25.1 Å². The summed E-state index contributed by atoms with van der Waals surface area (Å²) < 4.78 is 29.7. The summed E-state index contributed by atoms with van der Waals surface area (Å²) in [7, 11) is -1.71. The van der Waals surface area contributed by atoms with Crippen LogP contribution in [-0.2, 0) is 14.8 Å². The van der Waals surface area contributed by atoms with Gasteiger partial charge < -0.3 is 10.1 Å². The lowest BCUT2D eigenvalue weighted by Gasteiger charge is -2.20. The Hall–Kier alpha value is -1.44. The normalized spacial score (nSPS) is 11.6. The van der Waals surface area contributed by atoms with E-state index < -0.39 is 10.0 Å². The van der Waals surface area contributed by atoms with Gasteiger partial charge in [-0.15, -0.1) is 0 Å². The third-order valence-electron chi connectivity index (χ3n) is 3.15. The number of nitrogens with one attached hydrogen (secondary N) is 1. The molecule has 1 amide bonds. The van der Waals surface area contributed by atoms with Crippen LogP contribution >= 0.6 is 0 Å². The zero-order valence-corrected chi connectivity index (χ0v) is 14.1. The Morgan fingerprint density at radius 2 is 2.05 bits per heavy atom. The van der Waals surface area contributed by atoms with Crippen LogP contribution in [0.5, 0.6) is 0 Å². The number of nitrogens with zero attached hydrogens (tertiary/aromatic N) is 1. The van der Waals surface area contributed by atoms with Crippen molar-refractivity contribution in [3.05, 3.63) is 35.4 Å². The molecule has 0 aromatic heterocycles. The number of methoxy groups -OCH3 is 1. The standard InChI is InChI=1S/C15H24N2O4S/c1-13-6-4-7-14(12-13)15(18)16-8-10-17(22(3,19)20)9-5-11-21-2/h4,6-7,12H,5,8-11H2,1-3H3,(H,16,18). The molecule has 6 nitrogen and oxygen atoms in total. The van der Waals surface area contributed by atoms with Crippen LogP contribution in [0.4, 0.5) is 0 Å². The van der Waals surface area contributed by atoms with Gasteiger partial charge in [-0.05, 0) is 25.5 Å². The van der Waals surface area contributed by atoms with E-state index in [1.165, 1.54) is 10.6 Å². The molecule has 0 heterocycles. The largest absolute Gasteiger partial charge is 0.385 e. The molecule has 22 heavy (non-hydrogen) atoms. The van der Waals surface area contributed by atoms with Crippen LogP contribution in [0.15, 0.2) is 24.3 Å². The summed E-state index contributed by atoms with van der Waals surface area (Å²) in [6, 6.07) is 7.26.